The molecule has 0 spiro atoms. The number of rotatable bonds is 2. The summed E-state index contributed by atoms with van der Waals surface area (Å²) in [5.74, 6) is 5.22. The van der Waals surface area contributed by atoms with Gasteiger partial charge >= 0.3 is 0 Å². The third-order valence-electron chi connectivity index (χ3n) is 2.94. The van der Waals surface area contributed by atoms with Crippen molar-refractivity contribution < 1.29 is 4.79 Å². The lowest BCUT2D eigenvalue weighted by Gasteiger charge is -2.31. The normalized spacial score (nSPS) is 28.9. The molecule has 0 atom stereocenters. The minimum atomic E-state index is -0.00259. The first-order chi connectivity index (χ1) is 6.15. The lowest BCUT2D eigenvalue weighted by Crippen LogP contribution is -2.40. The van der Waals surface area contributed by atoms with E-state index in [9.17, 15) is 4.79 Å². The molecule has 1 aliphatic carbocycles. The van der Waals surface area contributed by atoms with E-state index in [1.165, 1.54) is 0 Å². The fourth-order valence-corrected chi connectivity index (χ4v) is 1.97. The zero-order chi connectivity index (χ0) is 9.84. The second-order valence-electron chi connectivity index (χ2n) is 3.98. The molecule has 0 aromatic heterocycles. The first kappa shape index (κ1) is 10.5. The Hall–Kier alpha value is -0.610. The van der Waals surface area contributed by atoms with Crippen LogP contribution in [0.4, 0.5) is 0 Å². The predicted molar refractivity (Wildman–Crippen MR) is 51.8 cm³/mol. The van der Waals surface area contributed by atoms with Crippen LogP contribution in [0.15, 0.2) is 0 Å². The van der Waals surface area contributed by atoms with Crippen LogP contribution < -0.4 is 11.3 Å². The number of nitrogens with one attached hydrogen (secondary N) is 1. The number of hydrogen-bond acceptors (Lipinski definition) is 3. The van der Waals surface area contributed by atoms with Gasteiger partial charge in [0.05, 0.1) is 0 Å². The molecule has 1 saturated carbocycles. The highest BCUT2D eigenvalue weighted by Gasteiger charge is 2.26. The van der Waals surface area contributed by atoms with Gasteiger partial charge in [0.2, 0.25) is 5.91 Å². The predicted octanol–water partition coefficient (Wildman–Crippen LogP) is 0.0967. The molecule has 1 amide bonds. The summed E-state index contributed by atoms with van der Waals surface area (Å²) < 4.78 is 0. The summed E-state index contributed by atoms with van der Waals surface area (Å²) in [7, 11) is 4.18. The van der Waals surface area contributed by atoms with Gasteiger partial charge in [-0.15, -0.1) is 0 Å². The molecule has 3 N–H and O–H groups in total. The number of nitrogens with zero attached hydrogens (tertiary/aromatic N) is 1. The van der Waals surface area contributed by atoms with Gasteiger partial charge in [-0.05, 0) is 39.8 Å². The number of carbonyl (C=O) groups excluding carboxylic acids is 1. The molecule has 4 heteroatoms. The molecular weight excluding hydrogens is 166 g/mol. The van der Waals surface area contributed by atoms with Crippen LogP contribution in [0.1, 0.15) is 25.7 Å². The summed E-state index contributed by atoms with van der Waals surface area (Å²) in [4.78, 5) is 13.4. The van der Waals surface area contributed by atoms with Crippen LogP contribution in [0, 0.1) is 5.92 Å². The van der Waals surface area contributed by atoms with Gasteiger partial charge in [-0.1, -0.05) is 0 Å². The first-order valence-electron chi connectivity index (χ1n) is 4.82. The highest BCUT2D eigenvalue weighted by molar-refractivity contribution is 5.77. The highest BCUT2D eigenvalue weighted by Crippen LogP contribution is 2.26. The Morgan fingerprint density at radius 2 is 1.85 bits per heavy atom. The highest BCUT2D eigenvalue weighted by atomic mass is 16.2. The third kappa shape index (κ3) is 2.67. The summed E-state index contributed by atoms with van der Waals surface area (Å²) in [6.45, 7) is 0. The Bertz CT molecular complexity index is 174. The van der Waals surface area contributed by atoms with Crippen molar-refractivity contribution in [1.29, 1.82) is 0 Å². The SMILES string of the molecule is CN(C)[C@H]1CC[C@H](C(=O)NN)CC1. The lowest BCUT2D eigenvalue weighted by atomic mass is 9.85. The van der Waals surface area contributed by atoms with E-state index in [4.69, 9.17) is 5.84 Å². The van der Waals surface area contributed by atoms with Gasteiger partial charge in [0, 0.05) is 12.0 Å². The maximum atomic E-state index is 11.2. The fraction of sp³-hybridized carbons (Fsp3) is 0.889. The van der Waals surface area contributed by atoms with Gasteiger partial charge in [0.1, 0.15) is 0 Å². The minimum absolute atomic E-state index is 0.00259. The largest absolute Gasteiger partial charge is 0.306 e. The van der Waals surface area contributed by atoms with Crippen molar-refractivity contribution in [2.45, 2.75) is 31.7 Å². The van der Waals surface area contributed by atoms with Crippen LogP contribution >= 0.6 is 0 Å². The maximum Gasteiger partial charge on any atom is 0.236 e. The molecule has 0 saturated heterocycles. The van der Waals surface area contributed by atoms with E-state index in [2.05, 4.69) is 24.4 Å². The first-order valence-corrected chi connectivity index (χ1v) is 4.82. The molecule has 0 unspecified atom stereocenters. The number of carbonyl (C=O) groups is 1. The maximum absolute atomic E-state index is 11.2. The van der Waals surface area contributed by atoms with Gasteiger partial charge in [-0.2, -0.15) is 0 Å². The average molecular weight is 185 g/mol. The van der Waals surface area contributed by atoms with Crippen LogP contribution in [0.3, 0.4) is 0 Å². The van der Waals surface area contributed by atoms with Crippen molar-refractivity contribution in [3.8, 4) is 0 Å². The zero-order valence-corrected chi connectivity index (χ0v) is 8.42. The van der Waals surface area contributed by atoms with E-state index in [0.29, 0.717) is 6.04 Å². The van der Waals surface area contributed by atoms with Gasteiger partial charge in [-0.25, -0.2) is 5.84 Å². The van der Waals surface area contributed by atoms with Gasteiger partial charge in [-0.3, -0.25) is 10.2 Å². The third-order valence-corrected chi connectivity index (χ3v) is 2.94. The van der Waals surface area contributed by atoms with Crippen molar-refractivity contribution in [1.82, 2.24) is 10.3 Å². The molecule has 4 nitrogen and oxygen atoms in total. The molecule has 1 aliphatic rings. The minimum Gasteiger partial charge on any atom is -0.306 e. The summed E-state index contributed by atoms with van der Waals surface area (Å²) in [6.07, 6.45) is 4.13. The molecule has 0 heterocycles. The van der Waals surface area contributed by atoms with Crippen LogP contribution in [0.5, 0.6) is 0 Å². The molecule has 1 fully saturated rings. The molecule has 0 aromatic rings. The fourth-order valence-electron chi connectivity index (χ4n) is 1.97. The Kier molecular flexibility index (Phi) is 3.69. The summed E-state index contributed by atoms with van der Waals surface area (Å²) >= 11 is 0. The Morgan fingerprint density at radius 1 is 1.31 bits per heavy atom. The van der Waals surface area contributed by atoms with Crippen molar-refractivity contribution in [2.75, 3.05) is 14.1 Å². The van der Waals surface area contributed by atoms with Gasteiger partial charge in [0.15, 0.2) is 0 Å². The standard InChI is InChI=1S/C9H19N3O/c1-12(2)8-5-3-7(4-6-8)9(13)11-10/h7-8H,3-6,10H2,1-2H3,(H,11,13)/t7-,8-. The topological polar surface area (TPSA) is 58.4 Å². The van der Waals surface area contributed by atoms with E-state index in [-0.39, 0.29) is 11.8 Å². The molecule has 0 aliphatic heterocycles. The van der Waals surface area contributed by atoms with E-state index in [1.54, 1.807) is 0 Å². The molecule has 13 heavy (non-hydrogen) atoms. The average Bonchev–Trinajstić information content (AvgIpc) is 2.17. The number of hydrogen-bond donors (Lipinski definition) is 2. The molecule has 0 bridgehead atoms. The van der Waals surface area contributed by atoms with Crippen LogP contribution in [0.25, 0.3) is 0 Å². The Labute approximate surface area is 79.4 Å². The summed E-state index contributed by atoms with van der Waals surface area (Å²) in [5, 5.41) is 0. The monoisotopic (exact) mass is 185 g/mol. The van der Waals surface area contributed by atoms with E-state index >= 15 is 0 Å². The smallest absolute Gasteiger partial charge is 0.236 e. The van der Waals surface area contributed by atoms with E-state index in [0.717, 1.165) is 25.7 Å². The van der Waals surface area contributed by atoms with Gasteiger partial charge < -0.3 is 4.90 Å². The number of amides is 1. The quantitative estimate of drug-likeness (QED) is 0.364. The van der Waals surface area contributed by atoms with Crippen LogP contribution in [0.2, 0.25) is 0 Å². The van der Waals surface area contributed by atoms with Crippen molar-refractivity contribution in [2.24, 2.45) is 11.8 Å². The van der Waals surface area contributed by atoms with Crippen LogP contribution in [-0.4, -0.2) is 30.9 Å². The second kappa shape index (κ2) is 4.58. The molecule has 1 rings (SSSR count). The molecule has 0 radical (unpaired) electrons. The van der Waals surface area contributed by atoms with Crippen molar-refractivity contribution in [3.63, 3.8) is 0 Å². The van der Waals surface area contributed by atoms with Crippen LogP contribution in [-0.2, 0) is 4.79 Å². The van der Waals surface area contributed by atoms with Crippen molar-refractivity contribution in [3.05, 3.63) is 0 Å². The zero-order valence-electron chi connectivity index (χ0n) is 8.42. The van der Waals surface area contributed by atoms with E-state index < -0.39 is 0 Å². The molecular formula is C9H19N3O. The van der Waals surface area contributed by atoms with Crippen molar-refractivity contribution >= 4 is 5.91 Å². The molecule has 76 valence electrons. The summed E-state index contributed by atoms with van der Waals surface area (Å²) in [5.41, 5.74) is 2.23. The second-order valence-corrected chi connectivity index (χ2v) is 3.98. The Balaban J connectivity index is 2.34. The van der Waals surface area contributed by atoms with Gasteiger partial charge in [0.25, 0.3) is 0 Å². The Morgan fingerprint density at radius 3 is 2.23 bits per heavy atom. The lowest BCUT2D eigenvalue weighted by molar-refractivity contribution is -0.126. The number of hydrazine groups is 1. The molecule has 0 aromatic carbocycles. The summed E-state index contributed by atoms with van der Waals surface area (Å²) in [6, 6.07) is 0.641. The van der Waals surface area contributed by atoms with E-state index in [1.807, 2.05) is 0 Å². The number of nitrogens with two attached hydrogens (primary N) is 1.